The molecule has 0 spiro atoms. The number of ether oxygens (including phenoxy) is 1. The van der Waals surface area contributed by atoms with Gasteiger partial charge in [0.2, 0.25) is 0 Å². The lowest BCUT2D eigenvalue weighted by Crippen LogP contribution is -2.19. The Morgan fingerprint density at radius 1 is 0.960 bits per heavy atom. The predicted molar refractivity (Wildman–Crippen MR) is 108 cm³/mol. The van der Waals surface area contributed by atoms with E-state index in [1.54, 1.807) is 7.11 Å². The molecule has 0 amide bonds. The van der Waals surface area contributed by atoms with Crippen molar-refractivity contribution in [1.29, 1.82) is 0 Å². The molecule has 0 unspecified atom stereocenters. The van der Waals surface area contributed by atoms with Crippen molar-refractivity contribution >= 4 is 5.69 Å². The molecule has 1 N–H and O–H groups in total. The summed E-state index contributed by atoms with van der Waals surface area (Å²) in [6, 6.07) is 17.3. The topological polar surface area (TPSA) is 24.5 Å². The van der Waals surface area contributed by atoms with Crippen LogP contribution in [-0.2, 0) is 6.54 Å². The summed E-state index contributed by atoms with van der Waals surface area (Å²) in [5.41, 5.74) is 3.97. The number of rotatable bonds is 9. The van der Waals surface area contributed by atoms with Crippen molar-refractivity contribution in [3.63, 3.8) is 0 Å². The van der Waals surface area contributed by atoms with Crippen LogP contribution in [0.15, 0.2) is 48.5 Å². The van der Waals surface area contributed by atoms with Crippen LogP contribution in [0.25, 0.3) is 0 Å². The molecular weight excluding hydrogens is 308 g/mol. The number of hydrogen-bond acceptors (Lipinski definition) is 3. The minimum Gasteiger partial charge on any atom is -0.497 e. The lowest BCUT2D eigenvalue weighted by Gasteiger charge is -2.22. The first-order chi connectivity index (χ1) is 12.0. The van der Waals surface area contributed by atoms with Gasteiger partial charge in [0.25, 0.3) is 0 Å². The third kappa shape index (κ3) is 5.79. The van der Waals surface area contributed by atoms with Gasteiger partial charge >= 0.3 is 0 Å². The Morgan fingerprint density at radius 2 is 1.60 bits per heavy atom. The largest absolute Gasteiger partial charge is 0.497 e. The van der Waals surface area contributed by atoms with Crippen LogP contribution < -0.4 is 15.0 Å². The van der Waals surface area contributed by atoms with Gasteiger partial charge in [-0.05, 0) is 60.2 Å². The average molecular weight is 341 g/mol. The van der Waals surface area contributed by atoms with Crippen molar-refractivity contribution < 1.29 is 4.74 Å². The van der Waals surface area contributed by atoms with Crippen LogP contribution in [0.3, 0.4) is 0 Å². The Labute approximate surface area is 153 Å². The maximum absolute atomic E-state index is 5.26. The summed E-state index contributed by atoms with van der Waals surface area (Å²) in [6.45, 7) is 6.54. The van der Waals surface area contributed by atoms with Gasteiger partial charge < -0.3 is 15.0 Å². The fraction of sp³-hybridized carbons (Fsp3) is 0.455. The Balaban J connectivity index is 1.84. The molecule has 0 aliphatic heterocycles. The number of nitrogens with zero attached hydrogens (tertiary/aromatic N) is 1. The molecule has 2 rings (SSSR count). The first-order valence-electron chi connectivity index (χ1n) is 9.12. The zero-order valence-corrected chi connectivity index (χ0v) is 16.3. The highest BCUT2D eigenvalue weighted by atomic mass is 16.5. The molecular formula is C22H32N2O. The number of hydrogen-bond donors (Lipinski definition) is 1. The SMILES string of the molecule is COc1ccc([C@H](CCNCc2ccc(N(C)C)cc2)C(C)C)cc1. The van der Waals surface area contributed by atoms with Crippen molar-refractivity contribution in [3.05, 3.63) is 59.7 Å². The zero-order chi connectivity index (χ0) is 18.2. The standard InChI is InChI=1S/C22H32N2O/c1-17(2)22(19-8-12-21(25-5)13-9-19)14-15-23-16-18-6-10-20(11-7-18)24(3)4/h6-13,17,22-23H,14-16H2,1-5H3/t22-/m1/s1. The van der Waals surface area contributed by atoms with Gasteiger partial charge in [-0.1, -0.05) is 38.1 Å². The summed E-state index contributed by atoms with van der Waals surface area (Å²) in [6.07, 6.45) is 1.14. The molecule has 1 atom stereocenters. The molecule has 0 fully saturated rings. The molecule has 25 heavy (non-hydrogen) atoms. The molecule has 0 bridgehead atoms. The zero-order valence-electron chi connectivity index (χ0n) is 16.3. The Hall–Kier alpha value is -2.00. The second-order valence-corrected chi connectivity index (χ2v) is 7.15. The lowest BCUT2D eigenvalue weighted by molar-refractivity contribution is 0.413. The number of anilines is 1. The van der Waals surface area contributed by atoms with E-state index in [1.807, 2.05) is 0 Å². The molecule has 0 aliphatic carbocycles. The first kappa shape index (κ1) is 19.3. The highest BCUT2D eigenvalue weighted by molar-refractivity contribution is 5.45. The van der Waals surface area contributed by atoms with Gasteiger partial charge in [-0.15, -0.1) is 0 Å². The summed E-state index contributed by atoms with van der Waals surface area (Å²) < 4.78 is 5.26. The molecule has 2 aromatic rings. The van der Waals surface area contributed by atoms with E-state index < -0.39 is 0 Å². The summed E-state index contributed by atoms with van der Waals surface area (Å²) >= 11 is 0. The quantitative estimate of drug-likeness (QED) is 0.671. The second-order valence-electron chi connectivity index (χ2n) is 7.15. The second kappa shape index (κ2) is 9.47. The van der Waals surface area contributed by atoms with Gasteiger partial charge in [-0.25, -0.2) is 0 Å². The third-order valence-electron chi connectivity index (χ3n) is 4.76. The molecule has 0 aromatic heterocycles. The van der Waals surface area contributed by atoms with E-state index in [-0.39, 0.29) is 0 Å². The maximum Gasteiger partial charge on any atom is 0.118 e. The van der Waals surface area contributed by atoms with Gasteiger partial charge in [0.05, 0.1) is 7.11 Å². The van der Waals surface area contributed by atoms with Crippen molar-refractivity contribution in [2.24, 2.45) is 5.92 Å². The van der Waals surface area contributed by atoms with Gasteiger partial charge in [-0.2, -0.15) is 0 Å². The monoisotopic (exact) mass is 340 g/mol. The van der Waals surface area contributed by atoms with Crippen molar-refractivity contribution in [3.8, 4) is 5.75 Å². The van der Waals surface area contributed by atoms with Crippen LogP contribution in [0, 0.1) is 5.92 Å². The van der Waals surface area contributed by atoms with E-state index in [0.29, 0.717) is 11.8 Å². The van der Waals surface area contributed by atoms with Crippen LogP contribution in [0.1, 0.15) is 37.3 Å². The highest BCUT2D eigenvalue weighted by Crippen LogP contribution is 2.28. The number of nitrogens with one attached hydrogen (secondary N) is 1. The minimum atomic E-state index is 0.564. The molecule has 0 heterocycles. The Kier molecular flexibility index (Phi) is 7.32. The summed E-state index contributed by atoms with van der Waals surface area (Å²) in [5, 5.41) is 3.59. The summed E-state index contributed by atoms with van der Waals surface area (Å²) in [5.74, 6) is 2.11. The average Bonchev–Trinajstić information content (AvgIpc) is 2.62. The van der Waals surface area contributed by atoms with Gasteiger partial charge in [0.1, 0.15) is 5.75 Å². The van der Waals surface area contributed by atoms with Gasteiger partial charge in [-0.3, -0.25) is 0 Å². The Bertz CT molecular complexity index is 617. The van der Waals surface area contributed by atoms with Crippen LogP contribution >= 0.6 is 0 Å². The molecule has 3 nitrogen and oxygen atoms in total. The van der Waals surface area contributed by atoms with Crippen LogP contribution in [-0.4, -0.2) is 27.7 Å². The Morgan fingerprint density at radius 3 is 2.12 bits per heavy atom. The fourth-order valence-corrected chi connectivity index (χ4v) is 3.14. The van der Waals surface area contributed by atoms with Crippen LogP contribution in [0.4, 0.5) is 5.69 Å². The lowest BCUT2D eigenvalue weighted by atomic mass is 9.86. The number of methoxy groups -OCH3 is 1. The first-order valence-corrected chi connectivity index (χ1v) is 9.12. The van der Waals surface area contributed by atoms with Crippen LogP contribution in [0.5, 0.6) is 5.75 Å². The molecule has 0 aliphatic rings. The summed E-state index contributed by atoms with van der Waals surface area (Å²) in [4.78, 5) is 2.12. The van der Waals surface area contributed by atoms with E-state index >= 15 is 0 Å². The van der Waals surface area contributed by atoms with Crippen molar-refractivity contribution in [2.75, 3.05) is 32.6 Å². The van der Waals surface area contributed by atoms with Crippen molar-refractivity contribution in [2.45, 2.75) is 32.7 Å². The smallest absolute Gasteiger partial charge is 0.118 e. The summed E-state index contributed by atoms with van der Waals surface area (Å²) in [7, 11) is 5.85. The van der Waals surface area contributed by atoms with Crippen LogP contribution in [0.2, 0.25) is 0 Å². The third-order valence-corrected chi connectivity index (χ3v) is 4.76. The van der Waals surface area contributed by atoms with E-state index in [4.69, 9.17) is 4.74 Å². The molecule has 0 saturated carbocycles. The molecule has 3 heteroatoms. The van der Waals surface area contributed by atoms with E-state index in [1.165, 1.54) is 16.8 Å². The molecule has 0 radical (unpaired) electrons. The maximum atomic E-state index is 5.26. The minimum absolute atomic E-state index is 0.564. The highest BCUT2D eigenvalue weighted by Gasteiger charge is 2.15. The van der Waals surface area contributed by atoms with E-state index in [0.717, 1.165) is 25.3 Å². The predicted octanol–water partition coefficient (Wildman–Crippen LogP) is 4.68. The van der Waals surface area contributed by atoms with Gasteiger partial charge in [0, 0.05) is 26.3 Å². The molecule has 136 valence electrons. The normalized spacial score (nSPS) is 12.2. The molecule has 0 saturated heterocycles. The molecule has 2 aromatic carbocycles. The fourth-order valence-electron chi connectivity index (χ4n) is 3.14. The van der Waals surface area contributed by atoms with E-state index in [2.05, 4.69) is 86.7 Å². The van der Waals surface area contributed by atoms with E-state index in [9.17, 15) is 0 Å². The van der Waals surface area contributed by atoms with Crippen molar-refractivity contribution in [1.82, 2.24) is 5.32 Å². The van der Waals surface area contributed by atoms with Gasteiger partial charge in [0.15, 0.2) is 0 Å². The number of benzene rings is 2.